The van der Waals surface area contributed by atoms with E-state index in [0.29, 0.717) is 29.3 Å². The predicted molar refractivity (Wildman–Crippen MR) is 84.2 cm³/mol. The molecule has 2 N–H and O–H groups in total. The maximum Gasteiger partial charge on any atom is 0.417 e. The van der Waals surface area contributed by atoms with Crippen LogP contribution in [0.1, 0.15) is 5.56 Å². The highest BCUT2D eigenvalue weighted by Crippen LogP contribution is 2.29. The van der Waals surface area contributed by atoms with Crippen LogP contribution in [0.15, 0.2) is 35.5 Å². The van der Waals surface area contributed by atoms with E-state index in [1.807, 2.05) is 0 Å². The number of carbonyl (C=O) groups excluding carboxylic acids is 1. The SMILES string of the molecule is O=C(Cn1cc(C(F)(F)F)cc(Cl)c1=O)NCCNc1ncccn1. The number of nitrogens with zero attached hydrogens (tertiary/aromatic N) is 3. The van der Waals surface area contributed by atoms with Crippen LogP contribution in [-0.2, 0) is 17.5 Å². The summed E-state index contributed by atoms with van der Waals surface area (Å²) in [6.45, 7) is -0.114. The summed E-state index contributed by atoms with van der Waals surface area (Å²) in [4.78, 5) is 31.4. The van der Waals surface area contributed by atoms with Crippen molar-refractivity contribution in [2.24, 2.45) is 0 Å². The number of halogens is 4. The topological polar surface area (TPSA) is 88.9 Å². The lowest BCUT2D eigenvalue weighted by Gasteiger charge is -2.12. The lowest BCUT2D eigenvalue weighted by Crippen LogP contribution is -2.35. The van der Waals surface area contributed by atoms with Gasteiger partial charge < -0.3 is 15.2 Å². The fourth-order valence-electron chi connectivity index (χ4n) is 1.85. The van der Waals surface area contributed by atoms with Gasteiger partial charge in [-0.2, -0.15) is 13.2 Å². The van der Waals surface area contributed by atoms with E-state index in [1.54, 1.807) is 6.07 Å². The minimum Gasteiger partial charge on any atom is -0.353 e. The number of pyridine rings is 1. The quantitative estimate of drug-likeness (QED) is 0.748. The Bertz CT molecular complexity index is 795. The molecule has 0 radical (unpaired) electrons. The molecule has 0 aliphatic carbocycles. The lowest BCUT2D eigenvalue weighted by molar-refractivity contribution is -0.138. The molecule has 2 aromatic heterocycles. The highest BCUT2D eigenvalue weighted by Gasteiger charge is 2.32. The van der Waals surface area contributed by atoms with Gasteiger partial charge >= 0.3 is 6.18 Å². The molecule has 7 nitrogen and oxygen atoms in total. The van der Waals surface area contributed by atoms with Gasteiger partial charge in [-0.3, -0.25) is 9.59 Å². The molecule has 11 heteroatoms. The molecule has 0 saturated carbocycles. The van der Waals surface area contributed by atoms with Crippen molar-refractivity contribution in [1.82, 2.24) is 19.9 Å². The summed E-state index contributed by atoms with van der Waals surface area (Å²) < 4.78 is 38.8. The van der Waals surface area contributed by atoms with Crippen molar-refractivity contribution in [2.45, 2.75) is 12.7 Å². The number of hydrogen-bond acceptors (Lipinski definition) is 5. The molecule has 134 valence electrons. The molecule has 25 heavy (non-hydrogen) atoms. The number of alkyl halides is 3. The standard InChI is InChI=1S/C14H13ClF3N5O2/c15-10-6-9(14(16,17)18)7-23(12(10)25)8-11(24)19-4-5-22-13-20-2-1-3-21-13/h1-3,6-7H,4-5,8H2,(H,19,24)(H,20,21,22). The summed E-state index contributed by atoms with van der Waals surface area (Å²) in [5.74, 6) is -0.258. The Balaban J connectivity index is 1.92. The summed E-state index contributed by atoms with van der Waals surface area (Å²) in [6, 6.07) is 2.17. The van der Waals surface area contributed by atoms with Crippen molar-refractivity contribution in [3.05, 3.63) is 51.7 Å². The first-order valence-corrected chi connectivity index (χ1v) is 7.40. The van der Waals surface area contributed by atoms with Crippen molar-refractivity contribution in [3.63, 3.8) is 0 Å². The van der Waals surface area contributed by atoms with Crippen molar-refractivity contribution in [3.8, 4) is 0 Å². The number of amides is 1. The van der Waals surface area contributed by atoms with E-state index < -0.39 is 34.8 Å². The maximum absolute atomic E-state index is 12.7. The molecule has 1 amide bonds. The van der Waals surface area contributed by atoms with E-state index in [1.165, 1.54) is 12.4 Å². The molecular weight excluding hydrogens is 363 g/mol. The molecule has 0 spiro atoms. The smallest absolute Gasteiger partial charge is 0.353 e. The van der Waals surface area contributed by atoms with Crippen LogP contribution in [0.4, 0.5) is 19.1 Å². The zero-order valence-corrected chi connectivity index (χ0v) is 13.4. The Labute approximate surface area is 144 Å². The van der Waals surface area contributed by atoms with Crippen molar-refractivity contribution in [1.29, 1.82) is 0 Å². The first-order valence-electron chi connectivity index (χ1n) is 7.02. The van der Waals surface area contributed by atoms with Gasteiger partial charge in [-0.05, 0) is 12.1 Å². The molecule has 2 rings (SSSR count). The van der Waals surface area contributed by atoms with Gasteiger partial charge in [0.05, 0.1) is 5.56 Å². The maximum atomic E-state index is 12.7. The number of rotatable bonds is 6. The summed E-state index contributed by atoms with van der Waals surface area (Å²) in [6.07, 6.45) is -1.03. The number of aromatic nitrogens is 3. The largest absolute Gasteiger partial charge is 0.417 e. The lowest BCUT2D eigenvalue weighted by atomic mass is 10.2. The van der Waals surface area contributed by atoms with E-state index in [-0.39, 0.29) is 6.54 Å². The van der Waals surface area contributed by atoms with Gasteiger partial charge in [0.1, 0.15) is 11.6 Å². The van der Waals surface area contributed by atoms with Gasteiger partial charge in [-0.15, -0.1) is 0 Å². The minimum atomic E-state index is -4.67. The third-order valence-corrected chi connectivity index (χ3v) is 3.25. The van der Waals surface area contributed by atoms with Crippen LogP contribution in [0.2, 0.25) is 5.02 Å². The molecule has 2 heterocycles. The van der Waals surface area contributed by atoms with Crippen molar-refractivity contribution in [2.75, 3.05) is 18.4 Å². The van der Waals surface area contributed by atoms with Gasteiger partial charge in [0, 0.05) is 31.7 Å². The predicted octanol–water partition coefficient (Wildman–Crippen LogP) is 1.54. The van der Waals surface area contributed by atoms with Crippen LogP contribution < -0.4 is 16.2 Å². The number of hydrogen-bond donors (Lipinski definition) is 2. The third-order valence-electron chi connectivity index (χ3n) is 2.98. The highest BCUT2D eigenvalue weighted by molar-refractivity contribution is 6.30. The van der Waals surface area contributed by atoms with Crippen LogP contribution in [0, 0.1) is 0 Å². The average Bonchev–Trinajstić information content (AvgIpc) is 2.55. The second-order valence-corrected chi connectivity index (χ2v) is 5.26. The fourth-order valence-corrected chi connectivity index (χ4v) is 2.08. The van der Waals surface area contributed by atoms with Crippen LogP contribution >= 0.6 is 11.6 Å². The second-order valence-electron chi connectivity index (χ2n) is 4.86. The minimum absolute atomic E-state index is 0.165. The van der Waals surface area contributed by atoms with Gasteiger partial charge in [0.25, 0.3) is 5.56 Å². The van der Waals surface area contributed by atoms with Gasteiger partial charge in [0.2, 0.25) is 11.9 Å². The number of anilines is 1. The van der Waals surface area contributed by atoms with Crippen molar-refractivity contribution >= 4 is 23.5 Å². The molecule has 0 unspecified atom stereocenters. The molecule has 0 atom stereocenters. The van der Waals surface area contributed by atoms with Crippen LogP contribution in [0.3, 0.4) is 0 Å². The normalized spacial score (nSPS) is 11.2. The van der Waals surface area contributed by atoms with Gasteiger partial charge in [-0.25, -0.2) is 9.97 Å². The Morgan fingerprint density at radius 2 is 1.92 bits per heavy atom. The second kappa shape index (κ2) is 7.97. The third kappa shape index (κ3) is 5.45. The van der Waals surface area contributed by atoms with E-state index in [4.69, 9.17) is 11.6 Å². The summed E-state index contributed by atoms with van der Waals surface area (Å²) in [5.41, 5.74) is -1.98. The number of carbonyl (C=O) groups is 1. The Morgan fingerprint density at radius 1 is 1.24 bits per heavy atom. The van der Waals surface area contributed by atoms with E-state index in [2.05, 4.69) is 20.6 Å². The Morgan fingerprint density at radius 3 is 2.56 bits per heavy atom. The van der Waals surface area contributed by atoms with Gasteiger partial charge in [-0.1, -0.05) is 11.6 Å². The molecule has 0 aliphatic rings. The number of nitrogens with one attached hydrogen (secondary N) is 2. The Hall–Kier alpha value is -2.62. The summed E-state index contributed by atoms with van der Waals surface area (Å²) >= 11 is 5.51. The molecule has 0 fully saturated rings. The molecule has 0 aliphatic heterocycles. The van der Waals surface area contributed by atoms with E-state index in [0.717, 1.165) is 0 Å². The first kappa shape index (κ1) is 18.7. The molecule has 2 aromatic rings. The van der Waals surface area contributed by atoms with E-state index >= 15 is 0 Å². The zero-order chi connectivity index (χ0) is 18.4. The Kier molecular flexibility index (Phi) is 5.97. The molecule has 0 aromatic carbocycles. The van der Waals surface area contributed by atoms with Crippen molar-refractivity contribution < 1.29 is 18.0 Å². The summed E-state index contributed by atoms with van der Waals surface area (Å²) in [7, 11) is 0. The first-order chi connectivity index (χ1) is 11.8. The zero-order valence-electron chi connectivity index (χ0n) is 12.7. The molecule has 0 saturated heterocycles. The highest BCUT2D eigenvalue weighted by atomic mass is 35.5. The van der Waals surface area contributed by atoms with Gasteiger partial charge in [0.15, 0.2) is 0 Å². The van der Waals surface area contributed by atoms with E-state index in [9.17, 15) is 22.8 Å². The average molecular weight is 376 g/mol. The fraction of sp³-hybridized carbons (Fsp3) is 0.286. The summed E-state index contributed by atoms with van der Waals surface area (Å²) in [5, 5.41) is 4.70. The van der Waals surface area contributed by atoms with Crippen LogP contribution in [-0.4, -0.2) is 33.5 Å². The molecule has 0 bridgehead atoms. The van der Waals surface area contributed by atoms with Crippen LogP contribution in [0.25, 0.3) is 0 Å². The van der Waals surface area contributed by atoms with Crippen LogP contribution in [0.5, 0.6) is 0 Å². The molecular formula is C14H13ClF3N5O2. The monoisotopic (exact) mass is 375 g/mol.